The fourth-order valence-electron chi connectivity index (χ4n) is 3.38. The Hall–Kier alpha value is -0.0800. The standard InChI is InChI=1S/C15H32N2/c1-5-9-15(3,11-16)12-17(4)14-8-6-7-13(2)10-14/h13-14H,5-12,16H2,1-4H3. The Labute approximate surface area is 108 Å². The second-order valence-electron chi connectivity index (χ2n) is 6.61. The van der Waals surface area contributed by atoms with Crippen molar-refractivity contribution in [1.29, 1.82) is 0 Å². The van der Waals surface area contributed by atoms with Crippen molar-refractivity contribution < 1.29 is 0 Å². The zero-order chi connectivity index (χ0) is 12.9. The number of hydrogen-bond acceptors (Lipinski definition) is 2. The average molecular weight is 240 g/mol. The fraction of sp³-hybridized carbons (Fsp3) is 1.00. The maximum atomic E-state index is 5.97. The second kappa shape index (κ2) is 6.75. The van der Waals surface area contributed by atoms with Crippen molar-refractivity contribution in [3.8, 4) is 0 Å². The minimum absolute atomic E-state index is 0.310. The Morgan fingerprint density at radius 3 is 2.59 bits per heavy atom. The average Bonchev–Trinajstić information content (AvgIpc) is 2.29. The van der Waals surface area contributed by atoms with Crippen molar-refractivity contribution in [1.82, 2.24) is 4.90 Å². The summed E-state index contributed by atoms with van der Waals surface area (Å²) in [6, 6.07) is 0.793. The molecule has 102 valence electrons. The summed E-state index contributed by atoms with van der Waals surface area (Å²) in [5.41, 5.74) is 6.28. The molecule has 0 amide bonds. The molecule has 2 N–H and O–H groups in total. The van der Waals surface area contributed by atoms with Gasteiger partial charge in [0.2, 0.25) is 0 Å². The number of hydrogen-bond donors (Lipinski definition) is 1. The Morgan fingerprint density at radius 2 is 2.06 bits per heavy atom. The highest BCUT2D eigenvalue weighted by molar-refractivity contribution is 4.83. The lowest BCUT2D eigenvalue weighted by Gasteiger charge is -2.39. The van der Waals surface area contributed by atoms with E-state index in [1.165, 1.54) is 38.5 Å². The van der Waals surface area contributed by atoms with Crippen LogP contribution in [0.3, 0.4) is 0 Å². The van der Waals surface area contributed by atoms with Gasteiger partial charge in [-0.15, -0.1) is 0 Å². The van der Waals surface area contributed by atoms with E-state index < -0.39 is 0 Å². The molecular weight excluding hydrogens is 208 g/mol. The molecule has 0 bridgehead atoms. The fourth-order valence-corrected chi connectivity index (χ4v) is 3.38. The van der Waals surface area contributed by atoms with Gasteiger partial charge >= 0.3 is 0 Å². The highest BCUT2D eigenvalue weighted by atomic mass is 15.1. The first kappa shape index (κ1) is 15.0. The molecule has 0 heterocycles. The van der Waals surface area contributed by atoms with Crippen LogP contribution in [-0.2, 0) is 0 Å². The molecule has 17 heavy (non-hydrogen) atoms. The lowest BCUT2D eigenvalue weighted by molar-refractivity contribution is 0.106. The molecular formula is C15H32N2. The molecule has 0 aromatic heterocycles. The van der Waals surface area contributed by atoms with Gasteiger partial charge in [-0.2, -0.15) is 0 Å². The monoisotopic (exact) mass is 240 g/mol. The van der Waals surface area contributed by atoms with Gasteiger partial charge in [0.25, 0.3) is 0 Å². The highest BCUT2D eigenvalue weighted by Crippen LogP contribution is 2.30. The molecule has 0 aromatic carbocycles. The molecule has 0 aromatic rings. The lowest BCUT2D eigenvalue weighted by atomic mass is 9.82. The van der Waals surface area contributed by atoms with Gasteiger partial charge in [-0.3, -0.25) is 0 Å². The number of nitrogens with zero attached hydrogens (tertiary/aromatic N) is 1. The predicted molar refractivity (Wildman–Crippen MR) is 76.1 cm³/mol. The molecule has 1 aliphatic rings. The van der Waals surface area contributed by atoms with Crippen molar-refractivity contribution in [3.05, 3.63) is 0 Å². The molecule has 1 rings (SSSR count). The van der Waals surface area contributed by atoms with Gasteiger partial charge in [-0.25, -0.2) is 0 Å². The van der Waals surface area contributed by atoms with E-state index >= 15 is 0 Å². The molecule has 1 fully saturated rings. The first-order chi connectivity index (χ1) is 8.00. The van der Waals surface area contributed by atoms with Crippen molar-refractivity contribution in [3.63, 3.8) is 0 Å². The third-order valence-electron chi connectivity index (χ3n) is 4.51. The van der Waals surface area contributed by atoms with E-state index in [1.807, 2.05) is 0 Å². The molecule has 1 aliphatic carbocycles. The molecule has 2 heteroatoms. The number of rotatable bonds is 6. The first-order valence-electron chi connectivity index (χ1n) is 7.41. The van der Waals surface area contributed by atoms with E-state index in [1.54, 1.807) is 0 Å². The maximum absolute atomic E-state index is 5.97. The van der Waals surface area contributed by atoms with E-state index in [9.17, 15) is 0 Å². The molecule has 3 unspecified atom stereocenters. The van der Waals surface area contributed by atoms with Crippen molar-refractivity contribution in [2.45, 2.75) is 65.3 Å². The zero-order valence-electron chi connectivity index (χ0n) is 12.3. The Bertz CT molecular complexity index is 217. The van der Waals surface area contributed by atoms with Crippen LogP contribution in [0.1, 0.15) is 59.3 Å². The summed E-state index contributed by atoms with van der Waals surface area (Å²) in [4.78, 5) is 2.58. The van der Waals surface area contributed by atoms with E-state index in [0.717, 1.165) is 25.0 Å². The molecule has 0 radical (unpaired) electrons. The van der Waals surface area contributed by atoms with Crippen LogP contribution >= 0.6 is 0 Å². The summed E-state index contributed by atoms with van der Waals surface area (Å²) in [6.45, 7) is 8.98. The first-order valence-corrected chi connectivity index (χ1v) is 7.41. The SMILES string of the molecule is CCCC(C)(CN)CN(C)C1CCCC(C)C1. The van der Waals surface area contributed by atoms with Crippen LogP contribution in [0, 0.1) is 11.3 Å². The second-order valence-corrected chi connectivity index (χ2v) is 6.61. The highest BCUT2D eigenvalue weighted by Gasteiger charge is 2.28. The molecule has 0 aliphatic heterocycles. The molecule has 3 atom stereocenters. The van der Waals surface area contributed by atoms with Crippen LogP contribution in [0.25, 0.3) is 0 Å². The van der Waals surface area contributed by atoms with Crippen molar-refractivity contribution in [2.75, 3.05) is 20.1 Å². The Balaban J connectivity index is 2.48. The summed E-state index contributed by atoms with van der Waals surface area (Å²) < 4.78 is 0. The lowest BCUT2D eigenvalue weighted by Crippen LogP contribution is -2.44. The van der Waals surface area contributed by atoms with Crippen LogP contribution < -0.4 is 5.73 Å². The summed E-state index contributed by atoms with van der Waals surface area (Å²) >= 11 is 0. The largest absolute Gasteiger partial charge is 0.330 e. The van der Waals surface area contributed by atoms with Crippen molar-refractivity contribution in [2.24, 2.45) is 17.1 Å². The van der Waals surface area contributed by atoms with Crippen LogP contribution in [0.4, 0.5) is 0 Å². The van der Waals surface area contributed by atoms with Gasteiger partial charge in [0.1, 0.15) is 0 Å². The van der Waals surface area contributed by atoms with Crippen molar-refractivity contribution >= 4 is 0 Å². The summed E-state index contributed by atoms with van der Waals surface area (Å²) in [7, 11) is 2.30. The van der Waals surface area contributed by atoms with E-state index in [2.05, 4.69) is 32.7 Å². The zero-order valence-corrected chi connectivity index (χ0v) is 12.3. The van der Waals surface area contributed by atoms with Gasteiger partial charge in [0.05, 0.1) is 0 Å². The minimum atomic E-state index is 0.310. The Morgan fingerprint density at radius 1 is 1.35 bits per heavy atom. The third-order valence-corrected chi connectivity index (χ3v) is 4.51. The smallest absolute Gasteiger partial charge is 0.00949 e. The number of nitrogens with two attached hydrogens (primary N) is 1. The quantitative estimate of drug-likeness (QED) is 0.772. The van der Waals surface area contributed by atoms with Gasteiger partial charge in [0.15, 0.2) is 0 Å². The summed E-state index contributed by atoms with van der Waals surface area (Å²) in [5.74, 6) is 0.909. The van der Waals surface area contributed by atoms with Crippen LogP contribution in [-0.4, -0.2) is 31.1 Å². The Kier molecular flexibility index (Phi) is 5.94. The van der Waals surface area contributed by atoms with Gasteiger partial charge in [-0.1, -0.05) is 40.0 Å². The van der Waals surface area contributed by atoms with Crippen LogP contribution in [0.5, 0.6) is 0 Å². The van der Waals surface area contributed by atoms with Gasteiger partial charge in [0, 0.05) is 12.6 Å². The van der Waals surface area contributed by atoms with Crippen LogP contribution in [0.15, 0.2) is 0 Å². The van der Waals surface area contributed by atoms with Gasteiger partial charge in [-0.05, 0) is 44.2 Å². The predicted octanol–water partition coefficient (Wildman–Crippen LogP) is 3.26. The van der Waals surface area contributed by atoms with Crippen LogP contribution in [0.2, 0.25) is 0 Å². The van der Waals surface area contributed by atoms with E-state index in [4.69, 9.17) is 5.73 Å². The summed E-state index contributed by atoms with van der Waals surface area (Å²) in [6.07, 6.45) is 8.08. The van der Waals surface area contributed by atoms with Gasteiger partial charge < -0.3 is 10.6 Å². The molecule has 2 nitrogen and oxygen atoms in total. The van der Waals surface area contributed by atoms with E-state index in [0.29, 0.717) is 5.41 Å². The maximum Gasteiger partial charge on any atom is 0.00949 e. The summed E-state index contributed by atoms with van der Waals surface area (Å²) in [5, 5.41) is 0. The van der Waals surface area contributed by atoms with E-state index in [-0.39, 0.29) is 0 Å². The molecule has 0 spiro atoms. The topological polar surface area (TPSA) is 29.3 Å². The normalized spacial score (nSPS) is 29.3. The minimum Gasteiger partial charge on any atom is -0.330 e. The molecule has 1 saturated carbocycles. The third kappa shape index (κ3) is 4.59. The molecule has 0 saturated heterocycles.